The van der Waals surface area contributed by atoms with Crippen molar-refractivity contribution < 1.29 is 5.32 Å². The molecule has 2 atom stereocenters. The molecule has 0 fully saturated rings. The highest BCUT2D eigenvalue weighted by molar-refractivity contribution is 6.31. The summed E-state index contributed by atoms with van der Waals surface area (Å²) in [7, 11) is 0. The van der Waals surface area contributed by atoms with Crippen molar-refractivity contribution >= 4 is 22.5 Å². The van der Waals surface area contributed by atoms with Crippen LogP contribution in [-0.4, -0.2) is 9.97 Å². The van der Waals surface area contributed by atoms with Gasteiger partial charge < -0.3 is 10.3 Å². The molecule has 5 heteroatoms. The molecule has 0 aliphatic heterocycles. The van der Waals surface area contributed by atoms with E-state index in [2.05, 4.69) is 67.2 Å². The maximum atomic E-state index is 12.3. The molecule has 1 heterocycles. The Balaban J connectivity index is 1.80. The number of halogens is 1. The van der Waals surface area contributed by atoms with E-state index < -0.39 is 0 Å². The van der Waals surface area contributed by atoms with Crippen LogP contribution in [0.15, 0.2) is 47.3 Å². The van der Waals surface area contributed by atoms with Gasteiger partial charge in [-0.1, -0.05) is 63.6 Å². The lowest BCUT2D eigenvalue weighted by atomic mass is 9.92. The molecule has 0 bridgehead atoms. The van der Waals surface area contributed by atoms with Crippen molar-refractivity contribution in [2.75, 3.05) is 0 Å². The molecular weight excluding hydrogens is 370 g/mol. The maximum Gasteiger partial charge on any atom is 0.258 e. The van der Waals surface area contributed by atoms with E-state index in [1.165, 1.54) is 11.1 Å². The summed E-state index contributed by atoms with van der Waals surface area (Å²) in [5.74, 6) is 1.70. The first-order chi connectivity index (χ1) is 13.4. The monoisotopic (exact) mass is 398 g/mol. The summed E-state index contributed by atoms with van der Waals surface area (Å²) in [6, 6.07) is 14.4. The number of fused-ring (bicyclic) bond motifs is 1. The quantitative estimate of drug-likeness (QED) is 0.613. The fourth-order valence-corrected chi connectivity index (χ4v) is 3.74. The summed E-state index contributed by atoms with van der Waals surface area (Å²) in [6.45, 7) is 9.52. The minimum Gasteiger partial charge on any atom is -0.334 e. The van der Waals surface area contributed by atoms with Gasteiger partial charge in [0.15, 0.2) is 5.82 Å². The minimum absolute atomic E-state index is 0.121. The molecule has 0 spiro atoms. The lowest BCUT2D eigenvalue weighted by Gasteiger charge is -2.20. The Bertz CT molecular complexity index is 995. The van der Waals surface area contributed by atoms with E-state index >= 15 is 0 Å². The lowest BCUT2D eigenvalue weighted by Crippen LogP contribution is -2.85. The van der Waals surface area contributed by atoms with E-state index in [1.54, 1.807) is 18.2 Å². The predicted molar refractivity (Wildman–Crippen MR) is 116 cm³/mol. The molecule has 28 heavy (non-hydrogen) atoms. The molecule has 0 saturated heterocycles. The normalized spacial score (nSPS) is 13.8. The minimum atomic E-state index is -0.121. The third-order valence-electron chi connectivity index (χ3n) is 5.50. The average Bonchev–Trinajstić information content (AvgIpc) is 2.67. The summed E-state index contributed by atoms with van der Waals surface area (Å²) in [6.07, 6.45) is 1.14. The molecule has 3 rings (SSSR count). The van der Waals surface area contributed by atoms with Crippen molar-refractivity contribution in [1.29, 1.82) is 0 Å². The molecule has 0 unspecified atom stereocenters. The highest BCUT2D eigenvalue weighted by Crippen LogP contribution is 2.23. The molecule has 0 aliphatic rings. The molecule has 0 radical (unpaired) electrons. The van der Waals surface area contributed by atoms with Crippen molar-refractivity contribution in [3.8, 4) is 0 Å². The van der Waals surface area contributed by atoms with Crippen molar-refractivity contribution in [3.05, 3.63) is 74.8 Å². The highest BCUT2D eigenvalue weighted by Gasteiger charge is 2.20. The standard InChI is InChI=1S/C23H28ClN3O/c1-5-15(4)16-6-8-17(9-7-16)22(14(2)3)25-13-21-26-20-12-18(24)10-11-19(20)23(28)27-21/h6-12,14-15,22,25H,5,13H2,1-4H3,(H,26,27,28)/p+1/t15-,22-/m1/s1. The Labute approximate surface area is 171 Å². The van der Waals surface area contributed by atoms with E-state index in [9.17, 15) is 4.79 Å². The average molecular weight is 399 g/mol. The first-order valence-corrected chi connectivity index (χ1v) is 10.4. The number of hydrogen-bond donors (Lipinski definition) is 2. The van der Waals surface area contributed by atoms with E-state index in [-0.39, 0.29) is 5.56 Å². The van der Waals surface area contributed by atoms with Crippen LogP contribution >= 0.6 is 11.6 Å². The summed E-state index contributed by atoms with van der Waals surface area (Å²) in [4.78, 5) is 19.8. The predicted octanol–water partition coefficient (Wildman–Crippen LogP) is 4.55. The Morgan fingerprint density at radius 2 is 1.75 bits per heavy atom. The topological polar surface area (TPSA) is 62.4 Å². The van der Waals surface area contributed by atoms with Gasteiger partial charge in [-0.05, 0) is 36.1 Å². The zero-order valence-electron chi connectivity index (χ0n) is 17.0. The summed E-state index contributed by atoms with van der Waals surface area (Å²) >= 11 is 6.06. The molecule has 148 valence electrons. The van der Waals surface area contributed by atoms with Crippen LogP contribution in [0.25, 0.3) is 10.9 Å². The van der Waals surface area contributed by atoms with Gasteiger partial charge in [-0.3, -0.25) is 4.79 Å². The summed E-state index contributed by atoms with van der Waals surface area (Å²) < 4.78 is 0. The van der Waals surface area contributed by atoms with E-state index in [1.807, 2.05) is 0 Å². The van der Waals surface area contributed by atoms with Crippen molar-refractivity contribution in [1.82, 2.24) is 9.97 Å². The van der Waals surface area contributed by atoms with Gasteiger partial charge in [-0.2, -0.15) is 0 Å². The summed E-state index contributed by atoms with van der Waals surface area (Å²) in [5, 5.41) is 3.40. The molecule has 4 nitrogen and oxygen atoms in total. The zero-order valence-corrected chi connectivity index (χ0v) is 17.8. The van der Waals surface area contributed by atoms with Crippen LogP contribution < -0.4 is 10.9 Å². The van der Waals surface area contributed by atoms with Crippen LogP contribution in [0.5, 0.6) is 0 Å². The van der Waals surface area contributed by atoms with Gasteiger partial charge in [-0.25, -0.2) is 4.98 Å². The number of hydrogen-bond acceptors (Lipinski definition) is 2. The second kappa shape index (κ2) is 8.89. The second-order valence-electron chi connectivity index (χ2n) is 7.86. The van der Waals surface area contributed by atoms with Crippen LogP contribution in [0.3, 0.4) is 0 Å². The van der Waals surface area contributed by atoms with Crippen LogP contribution in [0.1, 0.15) is 63.0 Å². The smallest absolute Gasteiger partial charge is 0.258 e. The largest absolute Gasteiger partial charge is 0.334 e. The number of nitrogens with zero attached hydrogens (tertiary/aromatic N) is 1. The second-order valence-corrected chi connectivity index (χ2v) is 8.30. The third-order valence-corrected chi connectivity index (χ3v) is 5.74. The van der Waals surface area contributed by atoms with Gasteiger partial charge in [0.25, 0.3) is 5.56 Å². The molecule has 0 amide bonds. The molecular formula is C23H29ClN3O+. The van der Waals surface area contributed by atoms with Crippen LogP contribution in [-0.2, 0) is 6.54 Å². The number of benzene rings is 2. The third kappa shape index (κ3) is 4.62. The van der Waals surface area contributed by atoms with Crippen molar-refractivity contribution in [2.24, 2.45) is 5.92 Å². The molecule has 0 aliphatic carbocycles. The van der Waals surface area contributed by atoms with Crippen LogP contribution in [0, 0.1) is 5.92 Å². The van der Waals surface area contributed by atoms with E-state index in [4.69, 9.17) is 11.6 Å². The Hall–Kier alpha value is -2.17. The summed E-state index contributed by atoms with van der Waals surface area (Å²) in [5.41, 5.74) is 3.20. The van der Waals surface area contributed by atoms with Crippen LogP contribution in [0.2, 0.25) is 5.02 Å². The van der Waals surface area contributed by atoms with Gasteiger partial charge in [0.1, 0.15) is 12.6 Å². The molecule has 3 N–H and O–H groups in total. The number of quaternary nitrogens is 1. The Morgan fingerprint density at radius 1 is 1.07 bits per heavy atom. The number of aromatic amines is 1. The Kier molecular flexibility index (Phi) is 6.53. The van der Waals surface area contributed by atoms with E-state index in [0.717, 1.165) is 6.42 Å². The SMILES string of the molecule is CC[C@@H](C)c1ccc([C@H]([NH2+]Cc2nc3cc(Cl)ccc3c(=O)[nH]2)C(C)C)cc1. The maximum absolute atomic E-state index is 12.3. The first kappa shape index (κ1) is 20.6. The fourth-order valence-electron chi connectivity index (χ4n) is 3.57. The van der Waals surface area contributed by atoms with Gasteiger partial charge in [0.2, 0.25) is 0 Å². The van der Waals surface area contributed by atoms with Gasteiger partial charge in [0.05, 0.1) is 10.9 Å². The van der Waals surface area contributed by atoms with Gasteiger partial charge >= 0.3 is 0 Å². The number of nitrogens with two attached hydrogens (primary N) is 1. The first-order valence-electron chi connectivity index (χ1n) is 10.0. The number of H-pyrrole nitrogens is 1. The number of nitrogens with one attached hydrogen (secondary N) is 1. The number of rotatable bonds is 7. The van der Waals surface area contributed by atoms with Gasteiger partial charge in [-0.15, -0.1) is 0 Å². The zero-order chi connectivity index (χ0) is 20.3. The van der Waals surface area contributed by atoms with Crippen LogP contribution in [0.4, 0.5) is 0 Å². The van der Waals surface area contributed by atoms with Crippen molar-refractivity contribution in [3.63, 3.8) is 0 Å². The Morgan fingerprint density at radius 3 is 2.39 bits per heavy atom. The lowest BCUT2D eigenvalue weighted by molar-refractivity contribution is -0.718. The number of aromatic nitrogens is 2. The molecule has 0 saturated carbocycles. The fraction of sp³-hybridized carbons (Fsp3) is 0.391. The molecule has 1 aromatic heterocycles. The van der Waals surface area contributed by atoms with Gasteiger partial charge in [0, 0.05) is 16.5 Å². The highest BCUT2D eigenvalue weighted by atomic mass is 35.5. The molecule has 3 aromatic rings. The van der Waals surface area contributed by atoms with E-state index in [0.29, 0.717) is 46.2 Å². The molecule has 2 aromatic carbocycles. The van der Waals surface area contributed by atoms with Crippen molar-refractivity contribution in [2.45, 2.75) is 52.6 Å².